The minimum absolute atomic E-state index is 0. The molecule has 9 heteroatoms. The van der Waals surface area contributed by atoms with Gasteiger partial charge in [0.2, 0.25) is 0 Å². The molecule has 0 amide bonds. The first-order valence-corrected chi connectivity index (χ1v) is 6.56. The van der Waals surface area contributed by atoms with E-state index in [0.717, 1.165) is 0 Å². The number of aliphatic hydroxyl groups excluding tert-OH is 4. The molecule has 0 saturated carbocycles. The van der Waals surface area contributed by atoms with Crippen LogP contribution in [0.3, 0.4) is 0 Å². The lowest BCUT2D eigenvalue weighted by Gasteiger charge is -2.36. The fourth-order valence-corrected chi connectivity index (χ4v) is 2.11. The SMILES string of the molecule is Cl.O=C[C@H](O)[C@@H]([C@H](O)[C@H](O)CO)N(CCCl)CCCl. The van der Waals surface area contributed by atoms with Gasteiger partial charge in [0.1, 0.15) is 24.6 Å². The maximum absolute atomic E-state index is 10.7. The molecule has 0 saturated heterocycles. The number of halogens is 3. The van der Waals surface area contributed by atoms with Crippen molar-refractivity contribution >= 4 is 41.9 Å². The van der Waals surface area contributed by atoms with Gasteiger partial charge in [-0.1, -0.05) is 0 Å². The van der Waals surface area contributed by atoms with E-state index < -0.39 is 31.0 Å². The van der Waals surface area contributed by atoms with Crippen LogP contribution in [0.2, 0.25) is 0 Å². The second-order valence-electron chi connectivity index (χ2n) is 3.77. The molecule has 0 aliphatic carbocycles. The zero-order chi connectivity index (χ0) is 14.1. The summed E-state index contributed by atoms with van der Waals surface area (Å²) < 4.78 is 0. The third kappa shape index (κ3) is 7.06. The number of aldehydes is 1. The van der Waals surface area contributed by atoms with Crippen LogP contribution in [0.15, 0.2) is 0 Å². The predicted octanol–water partition coefficient (Wildman–Crippen LogP) is -1.17. The third-order valence-corrected chi connectivity index (χ3v) is 2.92. The maximum Gasteiger partial charge on any atom is 0.150 e. The summed E-state index contributed by atoms with van der Waals surface area (Å²) in [6.07, 6.45) is -4.19. The molecule has 0 rings (SSSR count). The summed E-state index contributed by atoms with van der Waals surface area (Å²) >= 11 is 11.2. The Morgan fingerprint density at radius 1 is 1.11 bits per heavy atom. The van der Waals surface area contributed by atoms with Crippen LogP contribution in [-0.4, -0.2) is 87.4 Å². The zero-order valence-corrected chi connectivity index (χ0v) is 12.6. The molecular weight excluding hydrogens is 320 g/mol. The first-order chi connectivity index (χ1) is 8.53. The summed E-state index contributed by atoms with van der Waals surface area (Å²) in [5.41, 5.74) is 0. The topological polar surface area (TPSA) is 101 Å². The minimum Gasteiger partial charge on any atom is -0.394 e. The number of hydrogen-bond donors (Lipinski definition) is 4. The van der Waals surface area contributed by atoms with Crippen molar-refractivity contribution in [1.29, 1.82) is 0 Å². The van der Waals surface area contributed by atoms with Crippen molar-refractivity contribution in [2.45, 2.75) is 24.4 Å². The molecule has 0 aliphatic rings. The monoisotopic (exact) mass is 339 g/mol. The van der Waals surface area contributed by atoms with E-state index in [1.165, 1.54) is 4.90 Å². The number of alkyl halides is 2. The Labute approximate surface area is 128 Å². The molecule has 0 radical (unpaired) electrons. The Morgan fingerprint density at radius 2 is 1.58 bits per heavy atom. The molecule has 116 valence electrons. The third-order valence-electron chi connectivity index (χ3n) is 2.59. The van der Waals surface area contributed by atoms with E-state index in [-0.39, 0.29) is 43.5 Å². The Kier molecular flexibility index (Phi) is 13.8. The van der Waals surface area contributed by atoms with Gasteiger partial charge in [-0.3, -0.25) is 4.90 Å². The van der Waals surface area contributed by atoms with Crippen molar-refractivity contribution in [1.82, 2.24) is 4.90 Å². The molecule has 0 spiro atoms. The second kappa shape index (κ2) is 12.1. The number of nitrogens with zero attached hydrogens (tertiary/aromatic N) is 1. The van der Waals surface area contributed by atoms with Crippen molar-refractivity contribution in [2.75, 3.05) is 31.5 Å². The molecular formula is C10H20Cl3NO5. The maximum atomic E-state index is 10.7. The van der Waals surface area contributed by atoms with Gasteiger partial charge in [-0.2, -0.15) is 0 Å². The van der Waals surface area contributed by atoms with Gasteiger partial charge in [-0.05, 0) is 0 Å². The number of carbonyl (C=O) groups excluding carboxylic acids is 1. The van der Waals surface area contributed by atoms with E-state index in [1.54, 1.807) is 0 Å². The summed E-state index contributed by atoms with van der Waals surface area (Å²) in [5, 5.41) is 37.7. The van der Waals surface area contributed by atoms with Gasteiger partial charge < -0.3 is 25.2 Å². The van der Waals surface area contributed by atoms with Gasteiger partial charge in [0.15, 0.2) is 0 Å². The number of aliphatic hydroxyl groups is 4. The van der Waals surface area contributed by atoms with Gasteiger partial charge in [0, 0.05) is 24.8 Å². The van der Waals surface area contributed by atoms with E-state index >= 15 is 0 Å². The van der Waals surface area contributed by atoms with Crippen LogP contribution >= 0.6 is 35.6 Å². The minimum atomic E-state index is -1.51. The first kappa shape index (κ1) is 21.6. The van der Waals surface area contributed by atoms with Crippen LogP contribution in [-0.2, 0) is 4.79 Å². The summed E-state index contributed by atoms with van der Waals surface area (Å²) in [7, 11) is 0. The van der Waals surface area contributed by atoms with E-state index in [9.17, 15) is 20.1 Å². The molecule has 4 N–H and O–H groups in total. The second-order valence-corrected chi connectivity index (χ2v) is 4.53. The smallest absolute Gasteiger partial charge is 0.150 e. The summed E-state index contributed by atoms with van der Waals surface area (Å²) in [4.78, 5) is 12.2. The lowest BCUT2D eigenvalue weighted by atomic mass is 9.99. The van der Waals surface area contributed by atoms with Crippen molar-refractivity contribution < 1.29 is 25.2 Å². The Bertz CT molecular complexity index is 231. The molecule has 0 heterocycles. The molecule has 19 heavy (non-hydrogen) atoms. The molecule has 0 aliphatic heterocycles. The summed E-state index contributed by atoms with van der Waals surface area (Å²) in [6, 6.07) is -1.07. The molecule has 0 aromatic carbocycles. The van der Waals surface area contributed by atoms with Crippen LogP contribution in [0.5, 0.6) is 0 Å². The van der Waals surface area contributed by atoms with Crippen LogP contribution < -0.4 is 0 Å². The normalized spacial score (nSPS) is 17.4. The van der Waals surface area contributed by atoms with E-state index in [0.29, 0.717) is 0 Å². The summed E-state index contributed by atoms with van der Waals surface area (Å²) in [5.74, 6) is 0.418. The standard InChI is InChI=1S/C10H19Cl2NO5.ClH/c11-1-3-13(4-2-12)9(7(16)5-14)10(18)8(17)6-15;/h5,7-10,15-18H,1-4,6H2;1H/t7-,8+,9-,10+;/m0./s1. The van der Waals surface area contributed by atoms with Crippen molar-refractivity contribution in [3.8, 4) is 0 Å². The number of rotatable bonds is 10. The Hall–Kier alpha value is 0.340. The fourth-order valence-electron chi connectivity index (χ4n) is 1.68. The van der Waals surface area contributed by atoms with Crippen LogP contribution in [0.4, 0.5) is 0 Å². The van der Waals surface area contributed by atoms with Crippen molar-refractivity contribution in [3.05, 3.63) is 0 Å². The van der Waals surface area contributed by atoms with E-state index in [1.807, 2.05) is 0 Å². The van der Waals surface area contributed by atoms with Crippen molar-refractivity contribution in [2.24, 2.45) is 0 Å². The van der Waals surface area contributed by atoms with E-state index in [4.69, 9.17) is 28.3 Å². The highest BCUT2D eigenvalue weighted by Crippen LogP contribution is 2.13. The first-order valence-electron chi connectivity index (χ1n) is 5.49. The molecule has 0 bridgehead atoms. The molecule has 0 unspecified atom stereocenters. The largest absolute Gasteiger partial charge is 0.394 e. The average Bonchev–Trinajstić information content (AvgIpc) is 2.38. The lowest BCUT2D eigenvalue weighted by Crippen LogP contribution is -2.57. The molecule has 0 aromatic heterocycles. The number of carbonyl (C=O) groups is 1. The lowest BCUT2D eigenvalue weighted by molar-refractivity contribution is -0.127. The quantitative estimate of drug-likeness (QED) is 0.295. The van der Waals surface area contributed by atoms with Crippen LogP contribution in [0.1, 0.15) is 0 Å². The summed E-state index contributed by atoms with van der Waals surface area (Å²) in [6.45, 7) is -0.128. The van der Waals surface area contributed by atoms with E-state index in [2.05, 4.69) is 0 Å². The number of hydrogen-bond acceptors (Lipinski definition) is 6. The molecule has 0 aromatic rings. The molecule has 4 atom stereocenters. The predicted molar refractivity (Wildman–Crippen MR) is 75.2 cm³/mol. The van der Waals surface area contributed by atoms with Gasteiger partial charge in [0.05, 0.1) is 12.6 Å². The highest BCUT2D eigenvalue weighted by molar-refractivity contribution is 6.18. The van der Waals surface area contributed by atoms with Crippen LogP contribution in [0.25, 0.3) is 0 Å². The van der Waals surface area contributed by atoms with Crippen LogP contribution in [0, 0.1) is 0 Å². The van der Waals surface area contributed by atoms with Crippen molar-refractivity contribution in [3.63, 3.8) is 0 Å². The zero-order valence-electron chi connectivity index (χ0n) is 10.2. The van der Waals surface area contributed by atoms with Gasteiger partial charge in [-0.15, -0.1) is 35.6 Å². The highest BCUT2D eigenvalue weighted by atomic mass is 35.5. The Morgan fingerprint density at radius 3 is 1.89 bits per heavy atom. The van der Waals surface area contributed by atoms with Gasteiger partial charge >= 0.3 is 0 Å². The Balaban J connectivity index is 0. The van der Waals surface area contributed by atoms with Gasteiger partial charge in [-0.25, -0.2) is 0 Å². The molecule has 6 nitrogen and oxygen atoms in total. The van der Waals surface area contributed by atoms with Gasteiger partial charge in [0.25, 0.3) is 0 Å². The average molecular weight is 341 g/mol. The highest BCUT2D eigenvalue weighted by Gasteiger charge is 2.35. The fraction of sp³-hybridized carbons (Fsp3) is 0.900. The molecule has 0 fully saturated rings.